The molecule has 1 fully saturated rings. The van der Waals surface area contributed by atoms with Crippen LogP contribution in [0.2, 0.25) is 0 Å². The third kappa shape index (κ3) is 6.05. The van der Waals surface area contributed by atoms with Gasteiger partial charge in [0, 0.05) is 19.6 Å². The first kappa shape index (κ1) is 20.9. The Labute approximate surface area is 160 Å². The number of nitrogens with one attached hydrogen (secondary N) is 1. The highest BCUT2D eigenvalue weighted by Gasteiger charge is 2.31. The van der Waals surface area contributed by atoms with Crippen molar-refractivity contribution in [3.8, 4) is 11.5 Å². The number of urea groups is 1. The first-order valence-electron chi connectivity index (χ1n) is 9.49. The van der Waals surface area contributed by atoms with E-state index in [-0.39, 0.29) is 18.5 Å². The summed E-state index contributed by atoms with van der Waals surface area (Å²) in [6, 6.07) is 5.67. The van der Waals surface area contributed by atoms with Gasteiger partial charge in [-0.2, -0.15) is 0 Å². The van der Waals surface area contributed by atoms with E-state index >= 15 is 0 Å². The number of carboxylic acids is 1. The van der Waals surface area contributed by atoms with Crippen molar-refractivity contribution in [3.63, 3.8) is 0 Å². The molecular weight excluding hydrogens is 348 g/mol. The van der Waals surface area contributed by atoms with Crippen LogP contribution < -0.4 is 14.8 Å². The van der Waals surface area contributed by atoms with E-state index in [4.69, 9.17) is 9.47 Å². The van der Waals surface area contributed by atoms with E-state index in [9.17, 15) is 14.7 Å². The van der Waals surface area contributed by atoms with Gasteiger partial charge in [0.2, 0.25) is 0 Å². The fourth-order valence-corrected chi connectivity index (χ4v) is 3.44. The largest absolute Gasteiger partial charge is 0.493 e. The maximum Gasteiger partial charge on any atom is 0.317 e. The van der Waals surface area contributed by atoms with Crippen LogP contribution in [0.4, 0.5) is 4.79 Å². The zero-order valence-corrected chi connectivity index (χ0v) is 16.4. The Bertz CT molecular complexity index is 649. The zero-order valence-electron chi connectivity index (χ0n) is 16.4. The molecule has 27 heavy (non-hydrogen) atoms. The average Bonchev–Trinajstić information content (AvgIpc) is 2.65. The number of hydrogen-bond acceptors (Lipinski definition) is 4. The van der Waals surface area contributed by atoms with Gasteiger partial charge in [0.15, 0.2) is 11.5 Å². The molecular formula is C20H30N2O5. The van der Waals surface area contributed by atoms with Crippen molar-refractivity contribution < 1.29 is 24.2 Å². The second-order valence-corrected chi connectivity index (χ2v) is 7.03. The Balaban J connectivity index is 1.80. The van der Waals surface area contributed by atoms with Gasteiger partial charge in [-0.25, -0.2) is 4.79 Å². The first-order chi connectivity index (χ1) is 12.9. The van der Waals surface area contributed by atoms with E-state index in [1.54, 1.807) is 12.0 Å². The van der Waals surface area contributed by atoms with E-state index in [1.165, 1.54) is 0 Å². The van der Waals surface area contributed by atoms with E-state index < -0.39 is 11.9 Å². The summed E-state index contributed by atoms with van der Waals surface area (Å²) in [6.07, 6.45) is 2.21. The third-order valence-corrected chi connectivity index (χ3v) is 4.74. The Morgan fingerprint density at radius 2 is 2.07 bits per heavy atom. The topological polar surface area (TPSA) is 88.1 Å². The second-order valence-electron chi connectivity index (χ2n) is 7.03. The predicted octanol–water partition coefficient (Wildman–Crippen LogP) is 2.78. The molecule has 2 amide bonds. The van der Waals surface area contributed by atoms with Crippen LogP contribution >= 0.6 is 0 Å². The number of benzene rings is 1. The van der Waals surface area contributed by atoms with Crippen molar-refractivity contribution in [3.05, 3.63) is 23.8 Å². The van der Waals surface area contributed by atoms with Gasteiger partial charge < -0.3 is 24.8 Å². The van der Waals surface area contributed by atoms with Crippen LogP contribution in [0, 0.1) is 11.8 Å². The number of aliphatic carboxylic acids is 1. The number of piperidine rings is 1. The maximum absolute atomic E-state index is 12.3. The molecule has 1 aromatic carbocycles. The van der Waals surface area contributed by atoms with Crippen LogP contribution in [0.1, 0.15) is 32.3 Å². The number of rotatable bonds is 8. The second kappa shape index (κ2) is 10.0. The van der Waals surface area contributed by atoms with Crippen LogP contribution in [0.3, 0.4) is 0 Å². The van der Waals surface area contributed by atoms with Gasteiger partial charge in [-0.1, -0.05) is 13.0 Å². The SMILES string of the molecule is CCOc1cc(CCCNC(=O)N2CC(C)CC(C(=O)O)C2)ccc1OC. The standard InChI is InChI=1S/C20H30N2O5/c1-4-27-18-11-15(7-8-17(18)26-3)6-5-9-21-20(25)22-12-14(2)10-16(13-22)19(23)24/h7-8,11,14,16H,4-6,9-10,12-13H2,1-3H3,(H,21,25)(H,23,24). The lowest BCUT2D eigenvalue weighted by atomic mass is 9.91. The van der Waals surface area contributed by atoms with Gasteiger partial charge in [-0.05, 0) is 49.8 Å². The summed E-state index contributed by atoms with van der Waals surface area (Å²) >= 11 is 0. The fraction of sp³-hybridized carbons (Fsp3) is 0.600. The van der Waals surface area contributed by atoms with Crippen molar-refractivity contribution in [2.24, 2.45) is 11.8 Å². The van der Waals surface area contributed by atoms with Crippen LogP contribution in [0.5, 0.6) is 11.5 Å². The normalized spacial score (nSPS) is 19.4. The van der Waals surface area contributed by atoms with Crippen LogP contribution in [-0.2, 0) is 11.2 Å². The highest BCUT2D eigenvalue weighted by atomic mass is 16.5. The third-order valence-electron chi connectivity index (χ3n) is 4.74. The van der Waals surface area contributed by atoms with Crippen molar-refractivity contribution in [1.82, 2.24) is 10.2 Å². The minimum absolute atomic E-state index is 0.183. The van der Waals surface area contributed by atoms with Crippen molar-refractivity contribution >= 4 is 12.0 Å². The molecule has 7 heteroatoms. The maximum atomic E-state index is 12.3. The zero-order chi connectivity index (χ0) is 19.8. The molecule has 0 aliphatic carbocycles. The summed E-state index contributed by atoms with van der Waals surface area (Å²) in [6.45, 7) is 5.90. The molecule has 2 N–H and O–H groups in total. The Morgan fingerprint density at radius 3 is 2.74 bits per heavy atom. The van der Waals surface area contributed by atoms with Gasteiger partial charge in [0.1, 0.15) is 0 Å². The molecule has 2 atom stereocenters. The van der Waals surface area contributed by atoms with Gasteiger partial charge in [0.05, 0.1) is 19.6 Å². The molecule has 0 aromatic heterocycles. The molecule has 1 aromatic rings. The predicted molar refractivity (Wildman–Crippen MR) is 102 cm³/mol. The molecule has 0 bridgehead atoms. The molecule has 150 valence electrons. The summed E-state index contributed by atoms with van der Waals surface area (Å²) in [4.78, 5) is 25.2. The molecule has 1 heterocycles. The number of hydrogen-bond donors (Lipinski definition) is 2. The highest BCUT2D eigenvalue weighted by Crippen LogP contribution is 2.28. The molecule has 1 aliphatic heterocycles. The van der Waals surface area contributed by atoms with E-state index in [0.29, 0.717) is 31.9 Å². The van der Waals surface area contributed by atoms with Gasteiger partial charge >= 0.3 is 12.0 Å². The lowest BCUT2D eigenvalue weighted by Crippen LogP contribution is -2.49. The molecule has 2 rings (SSSR count). The number of likely N-dealkylation sites (tertiary alicyclic amines) is 1. The Kier molecular flexibility index (Phi) is 7.76. The number of aryl methyl sites for hydroxylation is 1. The molecule has 0 radical (unpaired) electrons. The molecule has 0 saturated carbocycles. The van der Waals surface area contributed by atoms with Crippen LogP contribution in [-0.4, -0.2) is 55.4 Å². The minimum atomic E-state index is -0.830. The summed E-state index contributed by atoms with van der Waals surface area (Å²) in [5.41, 5.74) is 1.12. The Hall–Kier alpha value is -2.44. The summed E-state index contributed by atoms with van der Waals surface area (Å²) in [5, 5.41) is 12.1. The number of carboxylic acid groups (broad SMARTS) is 1. The molecule has 0 spiro atoms. The number of nitrogens with zero attached hydrogens (tertiary/aromatic N) is 1. The lowest BCUT2D eigenvalue weighted by Gasteiger charge is -2.34. The lowest BCUT2D eigenvalue weighted by molar-refractivity contribution is -0.143. The number of carbonyl (C=O) groups is 2. The minimum Gasteiger partial charge on any atom is -0.493 e. The highest BCUT2D eigenvalue weighted by molar-refractivity contribution is 5.76. The fourth-order valence-electron chi connectivity index (χ4n) is 3.44. The summed E-state index contributed by atoms with van der Waals surface area (Å²) in [5.74, 6) is 0.325. The smallest absolute Gasteiger partial charge is 0.317 e. The van der Waals surface area contributed by atoms with E-state index in [0.717, 1.165) is 24.2 Å². The van der Waals surface area contributed by atoms with Gasteiger partial charge in [-0.3, -0.25) is 4.79 Å². The number of methoxy groups -OCH3 is 1. The van der Waals surface area contributed by atoms with Crippen molar-refractivity contribution in [2.75, 3.05) is 33.4 Å². The van der Waals surface area contributed by atoms with Crippen LogP contribution in [0.15, 0.2) is 18.2 Å². The van der Waals surface area contributed by atoms with Crippen LogP contribution in [0.25, 0.3) is 0 Å². The van der Waals surface area contributed by atoms with Crippen molar-refractivity contribution in [2.45, 2.75) is 33.1 Å². The monoisotopic (exact) mass is 378 g/mol. The number of ether oxygens (including phenoxy) is 2. The molecule has 1 saturated heterocycles. The summed E-state index contributed by atoms with van der Waals surface area (Å²) in [7, 11) is 1.61. The Morgan fingerprint density at radius 1 is 1.30 bits per heavy atom. The molecule has 7 nitrogen and oxygen atoms in total. The summed E-state index contributed by atoms with van der Waals surface area (Å²) < 4.78 is 10.9. The van der Waals surface area contributed by atoms with E-state index in [2.05, 4.69) is 5.32 Å². The first-order valence-corrected chi connectivity index (χ1v) is 9.49. The van der Waals surface area contributed by atoms with Gasteiger partial charge in [-0.15, -0.1) is 0 Å². The number of carbonyl (C=O) groups excluding carboxylic acids is 1. The average molecular weight is 378 g/mol. The van der Waals surface area contributed by atoms with E-state index in [1.807, 2.05) is 32.0 Å². The quantitative estimate of drug-likeness (QED) is 0.679. The molecule has 2 unspecified atom stereocenters. The number of amides is 2. The molecule has 1 aliphatic rings. The van der Waals surface area contributed by atoms with Crippen molar-refractivity contribution in [1.29, 1.82) is 0 Å². The van der Waals surface area contributed by atoms with Gasteiger partial charge in [0.25, 0.3) is 0 Å².